The van der Waals surface area contributed by atoms with Gasteiger partial charge in [-0.3, -0.25) is 0 Å². The molecule has 0 saturated carbocycles. The van der Waals surface area contributed by atoms with Gasteiger partial charge in [-0.15, -0.1) is 0 Å². The quantitative estimate of drug-likeness (QED) is 0.725. The number of hydrogen-bond acceptors (Lipinski definition) is 2. The van der Waals surface area contributed by atoms with Crippen LogP contribution in [-0.2, 0) is 11.2 Å². The molecule has 0 N–H and O–H groups in total. The molecule has 0 bridgehead atoms. The fraction of sp³-hybridized carbons (Fsp3) is 0.500. The van der Waals surface area contributed by atoms with Crippen molar-refractivity contribution < 1.29 is 9.53 Å². The molecule has 2 nitrogen and oxygen atoms in total. The first kappa shape index (κ1) is 12.8. The van der Waals surface area contributed by atoms with Gasteiger partial charge in [0.1, 0.15) is 0 Å². The molecule has 16 heavy (non-hydrogen) atoms. The minimum Gasteiger partial charge on any atom is -0.465 e. The number of esters is 1. The second kappa shape index (κ2) is 5.69. The van der Waals surface area contributed by atoms with E-state index >= 15 is 0 Å². The molecule has 0 aliphatic carbocycles. The Kier molecular flexibility index (Phi) is 4.53. The molecule has 88 valence electrons. The highest BCUT2D eigenvalue weighted by Gasteiger charge is 2.15. The van der Waals surface area contributed by atoms with Gasteiger partial charge in [0.15, 0.2) is 0 Å². The fourth-order valence-electron chi connectivity index (χ4n) is 1.98. The van der Waals surface area contributed by atoms with Gasteiger partial charge >= 0.3 is 5.97 Å². The molecule has 0 unspecified atom stereocenters. The van der Waals surface area contributed by atoms with Gasteiger partial charge in [-0.05, 0) is 29.5 Å². The summed E-state index contributed by atoms with van der Waals surface area (Å²) in [5.41, 5.74) is 3.12. The van der Waals surface area contributed by atoms with Gasteiger partial charge in [-0.1, -0.05) is 39.3 Å². The number of carbonyl (C=O) groups is 1. The summed E-state index contributed by atoms with van der Waals surface area (Å²) in [4.78, 5) is 11.7. The molecule has 1 rings (SSSR count). The average Bonchev–Trinajstić information content (AvgIpc) is 2.28. The minimum absolute atomic E-state index is 0.231. The lowest BCUT2D eigenvalue weighted by molar-refractivity contribution is 0.0599. The maximum Gasteiger partial charge on any atom is 0.338 e. The summed E-state index contributed by atoms with van der Waals surface area (Å²) < 4.78 is 4.82. The van der Waals surface area contributed by atoms with E-state index in [0.717, 1.165) is 24.0 Å². The molecule has 0 aliphatic rings. The number of carbonyl (C=O) groups excluding carboxylic acids is 1. The van der Waals surface area contributed by atoms with E-state index in [0.29, 0.717) is 5.92 Å². The van der Waals surface area contributed by atoms with Crippen molar-refractivity contribution in [3.63, 3.8) is 0 Å². The van der Waals surface area contributed by atoms with Crippen molar-refractivity contribution in [3.05, 3.63) is 34.9 Å². The first-order valence-electron chi connectivity index (χ1n) is 5.81. The Balaban J connectivity index is 3.26. The predicted molar refractivity (Wildman–Crippen MR) is 65.9 cm³/mol. The third-order valence-corrected chi connectivity index (χ3v) is 2.74. The van der Waals surface area contributed by atoms with Crippen molar-refractivity contribution >= 4 is 5.97 Å². The number of hydrogen-bond donors (Lipinski definition) is 0. The van der Waals surface area contributed by atoms with Crippen LogP contribution in [0.15, 0.2) is 18.2 Å². The number of benzene rings is 1. The number of methoxy groups -OCH3 is 1. The van der Waals surface area contributed by atoms with Crippen molar-refractivity contribution in [1.29, 1.82) is 0 Å². The normalized spacial score (nSPS) is 10.6. The van der Waals surface area contributed by atoms with E-state index in [4.69, 9.17) is 4.74 Å². The van der Waals surface area contributed by atoms with E-state index in [9.17, 15) is 4.79 Å². The van der Waals surface area contributed by atoms with Crippen LogP contribution < -0.4 is 0 Å². The van der Waals surface area contributed by atoms with Crippen LogP contribution in [0.3, 0.4) is 0 Å². The van der Waals surface area contributed by atoms with E-state index < -0.39 is 0 Å². The van der Waals surface area contributed by atoms with E-state index in [1.54, 1.807) is 0 Å². The van der Waals surface area contributed by atoms with E-state index in [-0.39, 0.29) is 5.97 Å². The Hall–Kier alpha value is -1.31. The molecule has 0 spiro atoms. The first-order valence-corrected chi connectivity index (χ1v) is 5.81. The highest BCUT2D eigenvalue weighted by Crippen LogP contribution is 2.24. The molecule has 0 amide bonds. The maximum atomic E-state index is 11.7. The van der Waals surface area contributed by atoms with Gasteiger partial charge in [-0.2, -0.15) is 0 Å². The van der Waals surface area contributed by atoms with Gasteiger partial charge < -0.3 is 4.74 Å². The van der Waals surface area contributed by atoms with Gasteiger partial charge in [0.25, 0.3) is 0 Å². The van der Waals surface area contributed by atoms with Crippen LogP contribution >= 0.6 is 0 Å². The monoisotopic (exact) mass is 220 g/mol. The van der Waals surface area contributed by atoms with Crippen LogP contribution in [0.5, 0.6) is 0 Å². The molecule has 0 radical (unpaired) electrons. The van der Waals surface area contributed by atoms with E-state index in [1.807, 2.05) is 12.1 Å². The largest absolute Gasteiger partial charge is 0.465 e. The summed E-state index contributed by atoms with van der Waals surface area (Å²) in [5, 5.41) is 0. The fourth-order valence-corrected chi connectivity index (χ4v) is 1.98. The second-order valence-electron chi connectivity index (χ2n) is 4.27. The molecular formula is C14H20O2. The summed E-state index contributed by atoms with van der Waals surface area (Å²) in [6.45, 7) is 6.42. The van der Waals surface area contributed by atoms with Crippen molar-refractivity contribution in [2.24, 2.45) is 0 Å². The molecule has 0 atom stereocenters. The third kappa shape index (κ3) is 2.63. The van der Waals surface area contributed by atoms with Crippen molar-refractivity contribution in [3.8, 4) is 0 Å². The van der Waals surface area contributed by atoms with Crippen LogP contribution in [0.2, 0.25) is 0 Å². The summed E-state index contributed by atoms with van der Waals surface area (Å²) in [5.74, 6) is 0.206. The standard InChI is InChI=1S/C14H20O2/c1-5-7-12-11(10(2)3)8-6-9-13(12)14(15)16-4/h6,8-10H,5,7H2,1-4H3. The lowest BCUT2D eigenvalue weighted by Gasteiger charge is -2.15. The summed E-state index contributed by atoms with van der Waals surface area (Å²) >= 11 is 0. The molecule has 1 aromatic rings. The van der Waals surface area contributed by atoms with Gasteiger partial charge in [-0.25, -0.2) is 4.79 Å². The molecule has 0 fully saturated rings. The summed E-state index contributed by atoms with van der Waals surface area (Å²) in [6, 6.07) is 5.88. The number of ether oxygens (including phenoxy) is 1. The summed E-state index contributed by atoms with van der Waals surface area (Å²) in [6.07, 6.45) is 1.96. The zero-order valence-electron chi connectivity index (χ0n) is 10.5. The Morgan fingerprint density at radius 2 is 2.06 bits per heavy atom. The second-order valence-corrected chi connectivity index (χ2v) is 4.27. The van der Waals surface area contributed by atoms with Crippen molar-refractivity contribution in [1.82, 2.24) is 0 Å². The predicted octanol–water partition coefficient (Wildman–Crippen LogP) is 3.55. The highest BCUT2D eigenvalue weighted by molar-refractivity contribution is 5.91. The van der Waals surface area contributed by atoms with Crippen LogP contribution in [-0.4, -0.2) is 13.1 Å². The van der Waals surface area contributed by atoms with Gasteiger partial charge in [0.05, 0.1) is 12.7 Å². The summed E-state index contributed by atoms with van der Waals surface area (Å²) in [7, 11) is 1.43. The van der Waals surface area contributed by atoms with Crippen LogP contribution in [0.25, 0.3) is 0 Å². The number of rotatable bonds is 4. The average molecular weight is 220 g/mol. The van der Waals surface area contributed by atoms with E-state index in [2.05, 4.69) is 26.8 Å². The van der Waals surface area contributed by atoms with E-state index in [1.165, 1.54) is 12.7 Å². The molecule has 1 aromatic carbocycles. The first-order chi connectivity index (χ1) is 7.61. The van der Waals surface area contributed by atoms with Crippen LogP contribution in [0.4, 0.5) is 0 Å². The Labute approximate surface area is 97.6 Å². The molecule has 2 heteroatoms. The van der Waals surface area contributed by atoms with Crippen molar-refractivity contribution in [2.45, 2.75) is 39.5 Å². The van der Waals surface area contributed by atoms with Gasteiger partial charge in [0, 0.05) is 0 Å². The SMILES string of the molecule is CCCc1c(C(=O)OC)cccc1C(C)C. The van der Waals surface area contributed by atoms with Crippen LogP contribution in [0.1, 0.15) is 54.6 Å². The molecule has 0 aromatic heterocycles. The highest BCUT2D eigenvalue weighted by atomic mass is 16.5. The Morgan fingerprint density at radius 3 is 2.56 bits per heavy atom. The smallest absolute Gasteiger partial charge is 0.338 e. The van der Waals surface area contributed by atoms with Crippen LogP contribution in [0, 0.1) is 0 Å². The molecule has 0 aliphatic heterocycles. The maximum absolute atomic E-state index is 11.7. The molecule has 0 heterocycles. The van der Waals surface area contributed by atoms with Gasteiger partial charge in [0.2, 0.25) is 0 Å². The topological polar surface area (TPSA) is 26.3 Å². The molecular weight excluding hydrogens is 200 g/mol. The van der Waals surface area contributed by atoms with Crippen molar-refractivity contribution in [2.75, 3.05) is 7.11 Å². The Morgan fingerprint density at radius 1 is 1.38 bits per heavy atom. The lowest BCUT2D eigenvalue weighted by Crippen LogP contribution is -2.09. The zero-order valence-corrected chi connectivity index (χ0v) is 10.5. The third-order valence-electron chi connectivity index (χ3n) is 2.74. The Bertz CT molecular complexity index is 367. The minimum atomic E-state index is -0.231. The zero-order chi connectivity index (χ0) is 12.1. The molecule has 0 saturated heterocycles. The lowest BCUT2D eigenvalue weighted by atomic mass is 9.91.